The average Bonchev–Trinajstić information content (AvgIpc) is 3.02. The highest BCUT2D eigenvalue weighted by atomic mass is 35.5. The van der Waals surface area contributed by atoms with Crippen LogP contribution in [0, 0.1) is 5.82 Å². The number of nitrogens with one attached hydrogen (secondary N) is 1. The lowest BCUT2D eigenvalue weighted by atomic mass is 9.97. The van der Waals surface area contributed by atoms with Crippen LogP contribution in [0.1, 0.15) is 55.3 Å². The van der Waals surface area contributed by atoms with Crippen molar-refractivity contribution in [2.75, 3.05) is 11.9 Å². The monoisotopic (exact) mass is 363 g/mol. The maximum absolute atomic E-state index is 13.2. The fourth-order valence-electron chi connectivity index (χ4n) is 3.35. The Bertz CT molecular complexity index is 723. The minimum Gasteiger partial charge on any atom is -0.393 e. The van der Waals surface area contributed by atoms with E-state index in [0.717, 1.165) is 61.3 Å². The van der Waals surface area contributed by atoms with Gasteiger partial charge in [0.15, 0.2) is 0 Å². The lowest BCUT2D eigenvalue weighted by molar-refractivity contribution is 0.159. The molecule has 1 aliphatic carbocycles. The van der Waals surface area contributed by atoms with Crippen molar-refractivity contribution in [3.05, 3.63) is 52.2 Å². The molecule has 1 aliphatic rings. The summed E-state index contributed by atoms with van der Waals surface area (Å²) in [4.78, 5) is 8.79. The molecule has 0 spiro atoms. The molecule has 0 fully saturated rings. The molecular formula is C19H23ClFN3O. The Morgan fingerprint density at radius 3 is 2.80 bits per heavy atom. The molecule has 1 aromatic heterocycles. The number of fused-ring (bicyclic) bond motifs is 1. The highest BCUT2D eigenvalue weighted by Gasteiger charge is 2.29. The first-order chi connectivity index (χ1) is 12.1. The predicted octanol–water partition coefficient (Wildman–Crippen LogP) is 4.31. The van der Waals surface area contributed by atoms with Crippen molar-refractivity contribution in [1.29, 1.82) is 0 Å². The Kier molecular flexibility index (Phi) is 5.86. The van der Waals surface area contributed by atoms with Crippen molar-refractivity contribution < 1.29 is 9.50 Å². The third-order valence-electron chi connectivity index (χ3n) is 4.78. The quantitative estimate of drug-likeness (QED) is 0.568. The van der Waals surface area contributed by atoms with Gasteiger partial charge in [0.1, 0.15) is 11.6 Å². The number of benzene rings is 1. The second-order valence-corrected chi connectivity index (χ2v) is 6.82. The van der Waals surface area contributed by atoms with Crippen molar-refractivity contribution in [1.82, 2.24) is 9.97 Å². The molecule has 2 atom stereocenters. The van der Waals surface area contributed by atoms with E-state index in [2.05, 4.69) is 15.3 Å². The number of aliphatic hydroxyl groups is 1. The molecule has 0 amide bonds. The van der Waals surface area contributed by atoms with Crippen LogP contribution < -0.4 is 5.32 Å². The number of hydrogen-bond donors (Lipinski definition) is 2. The van der Waals surface area contributed by atoms with Crippen LogP contribution in [0.15, 0.2) is 24.3 Å². The number of nitrogens with zero attached hydrogens (tertiary/aromatic N) is 2. The average molecular weight is 364 g/mol. The van der Waals surface area contributed by atoms with E-state index in [4.69, 9.17) is 11.6 Å². The Balaban J connectivity index is 1.75. The highest BCUT2D eigenvalue weighted by Crippen LogP contribution is 2.40. The van der Waals surface area contributed by atoms with Crippen LogP contribution in [-0.2, 0) is 6.42 Å². The number of rotatable bonds is 7. The Morgan fingerprint density at radius 2 is 2.08 bits per heavy atom. The molecule has 3 rings (SSSR count). The maximum atomic E-state index is 13.2. The minimum absolute atomic E-state index is 0.124. The molecule has 0 aliphatic heterocycles. The van der Waals surface area contributed by atoms with E-state index in [0.29, 0.717) is 0 Å². The van der Waals surface area contributed by atoms with Gasteiger partial charge in [-0.1, -0.05) is 19.1 Å². The second-order valence-electron chi connectivity index (χ2n) is 6.48. The summed E-state index contributed by atoms with van der Waals surface area (Å²) >= 11 is 6.13. The van der Waals surface area contributed by atoms with Crippen LogP contribution in [0.4, 0.5) is 10.2 Å². The van der Waals surface area contributed by atoms with Gasteiger partial charge in [0.25, 0.3) is 0 Å². The number of halogens is 2. The van der Waals surface area contributed by atoms with E-state index < -0.39 is 0 Å². The summed E-state index contributed by atoms with van der Waals surface area (Å²) in [5, 5.41) is 13.2. The summed E-state index contributed by atoms with van der Waals surface area (Å²) in [5.74, 6) is 0.670. The molecule has 6 heteroatoms. The third-order valence-corrected chi connectivity index (χ3v) is 4.94. The normalized spacial score (nSPS) is 17.4. The first-order valence-corrected chi connectivity index (χ1v) is 9.20. The van der Waals surface area contributed by atoms with Gasteiger partial charge in [-0.2, -0.15) is 0 Å². The molecule has 25 heavy (non-hydrogen) atoms. The Labute approximate surface area is 152 Å². The van der Waals surface area contributed by atoms with E-state index in [1.807, 2.05) is 19.1 Å². The fourth-order valence-corrected chi connectivity index (χ4v) is 3.52. The molecule has 134 valence electrons. The van der Waals surface area contributed by atoms with Crippen molar-refractivity contribution in [2.45, 2.75) is 51.0 Å². The molecule has 0 saturated heterocycles. The molecule has 1 aromatic carbocycles. The van der Waals surface area contributed by atoms with Crippen LogP contribution in [0.3, 0.4) is 0 Å². The lowest BCUT2D eigenvalue weighted by Gasteiger charge is -2.14. The van der Waals surface area contributed by atoms with Gasteiger partial charge in [-0.05, 0) is 61.4 Å². The van der Waals surface area contributed by atoms with Crippen molar-refractivity contribution in [2.24, 2.45) is 0 Å². The van der Waals surface area contributed by atoms with E-state index in [9.17, 15) is 9.50 Å². The van der Waals surface area contributed by atoms with Gasteiger partial charge in [-0.15, -0.1) is 0 Å². The summed E-state index contributed by atoms with van der Waals surface area (Å²) < 4.78 is 13.2. The second kappa shape index (κ2) is 8.11. The predicted molar refractivity (Wildman–Crippen MR) is 97.6 cm³/mol. The first-order valence-electron chi connectivity index (χ1n) is 8.82. The van der Waals surface area contributed by atoms with Gasteiger partial charge >= 0.3 is 0 Å². The SMILES string of the molecule is CCC(O)CCCNc1nc(Cl)nc2c1CCC2c1ccc(F)cc1. The molecular weight excluding hydrogens is 341 g/mol. The summed E-state index contributed by atoms with van der Waals surface area (Å²) in [5.41, 5.74) is 3.07. The van der Waals surface area contributed by atoms with Gasteiger partial charge < -0.3 is 10.4 Å². The maximum Gasteiger partial charge on any atom is 0.224 e. The van der Waals surface area contributed by atoms with E-state index in [1.54, 1.807) is 0 Å². The Hall–Kier alpha value is -1.72. The smallest absolute Gasteiger partial charge is 0.224 e. The van der Waals surface area contributed by atoms with Gasteiger partial charge in [-0.25, -0.2) is 14.4 Å². The Morgan fingerprint density at radius 1 is 1.32 bits per heavy atom. The molecule has 2 N–H and O–H groups in total. The van der Waals surface area contributed by atoms with Crippen LogP contribution >= 0.6 is 11.6 Å². The molecule has 0 bridgehead atoms. The first kappa shape index (κ1) is 18.1. The third kappa shape index (κ3) is 4.28. The number of anilines is 1. The standard InChI is InChI=1S/C19H23ClFN3O/c1-2-14(25)4-3-11-22-18-16-10-9-15(17(16)23-19(20)24-18)12-5-7-13(21)8-6-12/h5-8,14-15,25H,2-4,9-11H2,1H3,(H,22,23,24). The summed E-state index contributed by atoms with van der Waals surface area (Å²) in [6.07, 6.45) is 3.95. The minimum atomic E-state index is -0.246. The lowest BCUT2D eigenvalue weighted by Crippen LogP contribution is -2.11. The van der Waals surface area contributed by atoms with Crippen molar-refractivity contribution in [3.63, 3.8) is 0 Å². The number of aromatic nitrogens is 2. The molecule has 2 aromatic rings. The van der Waals surface area contributed by atoms with Crippen molar-refractivity contribution >= 4 is 17.4 Å². The van der Waals surface area contributed by atoms with E-state index in [-0.39, 0.29) is 23.1 Å². The molecule has 1 heterocycles. The zero-order valence-electron chi connectivity index (χ0n) is 14.3. The van der Waals surface area contributed by atoms with Gasteiger partial charge in [0.2, 0.25) is 5.28 Å². The van der Waals surface area contributed by atoms with Crippen LogP contribution in [0.25, 0.3) is 0 Å². The van der Waals surface area contributed by atoms with Crippen LogP contribution in [0.2, 0.25) is 5.28 Å². The van der Waals surface area contributed by atoms with Gasteiger partial charge in [-0.3, -0.25) is 0 Å². The topological polar surface area (TPSA) is 58.0 Å². The summed E-state index contributed by atoms with van der Waals surface area (Å²) in [7, 11) is 0. The van der Waals surface area contributed by atoms with Crippen LogP contribution in [0.5, 0.6) is 0 Å². The van der Waals surface area contributed by atoms with E-state index >= 15 is 0 Å². The molecule has 0 radical (unpaired) electrons. The highest BCUT2D eigenvalue weighted by molar-refractivity contribution is 6.28. The summed E-state index contributed by atoms with van der Waals surface area (Å²) in [6, 6.07) is 6.58. The molecule has 0 saturated carbocycles. The fraction of sp³-hybridized carbons (Fsp3) is 0.474. The molecule has 4 nitrogen and oxygen atoms in total. The van der Waals surface area contributed by atoms with Crippen molar-refractivity contribution in [3.8, 4) is 0 Å². The largest absolute Gasteiger partial charge is 0.393 e. The summed E-state index contributed by atoms with van der Waals surface area (Å²) in [6.45, 7) is 2.71. The zero-order chi connectivity index (χ0) is 17.8. The number of aliphatic hydroxyl groups excluding tert-OH is 1. The number of hydrogen-bond acceptors (Lipinski definition) is 4. The van der Waals surface area contributed by atoms with Crippen LogP contribution in [-0.4, -0.2) is 27.7 Å². The van der Waals surface area contributed by atoms with E-state index in [1.165, 1.54) is 12.1 Å². The molecule has 2 unspecified atom stereocenters. The van der Waals surface area contributed by atoms with Gasteiger partial charge in [0, 0.05) is 18.0 Å². The van der Waals surface area contributed by atoms with Gasteiger partial charge in [0.05, 0.1) is 11.8 Å². The zero-order valence-corrected chi connectivity index (χ0v) is 15.1.